The van der Waals surface area contributed by atoms with E-state index in [1.165, 1.54) is 0 Å². The normalized spacial score (nSPS) is 16.7. The quantitative estimate of drug-likeness (QED) is 0.616. The molecule has 2 nitrogen and oxygen atoms in total. The van der Waals surface area contributed by atoms with E-state index in [-0.39, 0.29) is 0 Å². The predicted octanol–water partition coefficient (Wildman–Crippen LogP) is 4.30. The molecular formula is C13H10F10O2. The third kappa shape index (κ3) is 4.00. The summed E-state index contributed by atoms with van der Waals surface area (Å²) in [5.74, 6) is -14.0. The molecule has 1 aromatic carbocycles. The number of rotatable bonds is 4. The van der Waals surface area contributed by atoms with Crippen LogP contribution in [-0.4, -0.2) is 30.6 Å². The van der Waals surface area contributed by atoms with Crippen molar-refractivity contribution in [2.24, 2.45) is 0 Å². The summed E-state index contributed by atoms with van der Waals surface area (Å²) in [5.41, 5.74) is -4.97. The van der Waals surface area contributed by atoms with Crippen LogP contribution in [0.1, 0.15) is 24.0 Å². The first-order valence-corrected chi connectivity index (χ1v) is 6.36. The molecule has 1 N–H and O–H groups in total. The fourth-order valence-electron chi connectivity index (χ4n) is 2.19. The molecule has 0 fully saturated rings. The number of benzene rings is 1. The van der Waals surface area contributed by atoms with E-state index < -0.39 is 64.9 Å². The Labute approximate surface area is 134 Å². The first kappa shape index (κ1) is 21.5. The number of aliphatic hydroxyl groups is 1. The molecular weight excluding hydrogens is 378 g/mol. The number of alkyl halides is 6. The molecule has 144 valence electrons. The lowest BCUT2D eigenvalue weighted by molar-refractivity contribution is -0.218. The summed E-state index contributed by atoms with van der Waals surface area (Å²) < 4.78 is 135. The number of halogens is 10. The Kier molecular flexibility index (Phi) is 6.00. The Bertz CT molecular complexity index is 608. The lowest BCUT2D eigenvalue weighted by Crippen LogP contribution is -2.41. The second-order valence-corrected chi connectivity index (χ2v) is 5.00. The molecule has 3 atom stereocenters. The van der Waals surface area contributed by atoms with Gasteiger partial charge in [0.15, 0.2) is 29.4 Å². The second-order valence-electron chi connectivity index (χ2n) is 5.00. The van der Waals surface area contributed by atoms with Gasteiger partial charge in [-0.3, -0.25) is 0 Å². The SMILES string of the molecule is COC(C)C(c1c(F)c(F)c(C(F)(F)F)c(F)c1F)C(O)C(F)(F)F. The van der Waals surface area contributed by atoms with Gasteiger partial charge in [0.25, 0.3) is 0 Å². The highest BCUT2D eigenvalue weighted by atomic mass is 19.4. The van der Waals surface area contributed by atoms with Gasteiger partial charge in [0.1, 0.15) is 5.56 Å². The van der Waals surface area contributed by atoms with E-state index in [0.717, 1.165) is 14.0 Å². The minimum Gasteiger partial charge on any atom is -0.383 e. The van der Waals surface area contributed by atoms with Crippen LogP contribution in [0.4, 0.5) is 43.9 Å². The van der Waals surface area contributed by atoms with E-state index in [4.69, 9.17) is 0 Å². The van der Waals surface area contributed by atoms with Crippen LogP contribution in [0, 0.1) is 23.3 Å². The molecule has 0 heterocycles. The monoisotopic (exact) mass is 388 g/mol. The molecule has 25 heavy (non-hydrogen) atoms. The first-order chi connectivity index (χ1) is 11.2. The smallest absolute Gasteiger partial charge is 0.383 e. The Morgan fingerprint density at radius 3 is 1.52 bits per heavy atom. The molecule has 0 bridgehead atoms. The van der Waals surface area contributed by atoms with Crippen LogP contribution < -0.4 is 0 Å². The molecule has 1 rings (SSSR count). The van der Waals surface area contributed by atoms with E-state index in [0.29, 0.717) is 0 Å². The van der Waals surface area contributed by atoms with Crippen molar-refractivity contribution in [1.82, 2.24) is 0 Å². The zero-order valence-corrected chi connectivity index (χ0v) is 12.4. The number of aliphatic hydroxyl groups excluding tert-OH is 1. The van der Waals surface area contributed by atoms with Crippen LogP contribution >= 0.6 is 0 Å². The lowest BCUT2D eigenvalue weighted by atomic mass is 9.86. The zero-order chi connectivity index (χ0) is 19.9. The summed E-state index contributed by atoms with van der Waals surface area (Å²) in [7, 11) is 0.757. The van der Waals surface area contributed by atoms with Crippen LogP contribution in [0.5, 0.6) is 0 Å². The summed E-state index contributed by atoms with van der Waals surface area (Å²) >= 11 is 0. The van der Waals surface area contributed by atoms with Crippen LogP contribution in [0.25, 0.3) is 0 Å². The largest absolute Gasteiger partial charge is 0.422 e. The van der Waals surface area contributed by atoms with Crippen molar-refractivity contribution in [1.29, 1.82) is 0 Å². The van der Waals surface area contributed by atoms with Gasteiger partial charge in [-0.1, -0.05) is 0 Å². The summed E-state index contributed by atoms with van der Waals surface area (Å²) in [4.78, 5) is 0. The first-order valence-electron chi connectivity index (χ1n) is 6.36. The van der Waals surface area contributed by atoms with Gasteiger partial charge in [0, 0.05) is 12.7 Å². The van der Waals surface area contributed by atoms with Gasteiger partial charge in [0.2, 0.25) is 0 Å². The average molecular weight is 388 g/mol. The Balaban J connectivity index is 3.79. The molecule has 0 aliphatic heterocycles. The molecule has 3 unspecified atom stereocenters. The Hall–Kier alpha value is -1.56. The zero-order valence-electron chi connectivity index (χ0n) is 12.4. The van der Waals surface area contributed by atoms with Gasteiger partial charge in [-0.2, -0.15) is 26.3 Å². The average Bonchev–Trinajstić information content (AvgIpc) is 2.46. The molecule has 0 saturated heterocycles. The number of methoxy groups -OCH3 is 1. The van der Waals surface area contributed by atoms with Gasteiger partial charge < -0.3 is 9.84 Å². The third-order valence-electron chi connectivity index (χ3n) is 3.47. The van der Waals surface area contributed by atoms with E-state index in [1.807, 2.05) is 0 Å². The number of hydrogen-bond acceptors (Lipinski definition) is 2. The van der Waals surface area contributed by atoms with Crippen LogP contribution in [0.3, 0.4) is 0 Å². The maximum atomic E-state index is 13.9. The molecule has 0 spiro atoms. The van der Waals surface area contributed by atoms with E-state index in [1.54, 1.807) is 0 Å². The highest BCUT2D eigenvalue weighted by Gasteiger charge is 2.50. The molecule has 1 aromatic rings. The molecule has 12 heteroatoms. The van der Waals surface area contributed by atoms with Crippen LogP contribution in [0.15, 0.2) is 0 Å². The van der Waals surface area contributed by atoms with E-state index in [9.17, 15) is 49.0 Å². The number of hydrogen-bond donors (Lipinski definition) is 1. The summed E-state index contributed by atoms with van der Waals surface area (Å²) in [5, 5.41) is 9.25. The van der Waals surface area contributed by atoms with Crippen molar-refractivity contribution in [2.75, 3.05) is 7.11 Å². The molecule has 0 aliphatic carbocycles. The summed E-state index contributed by atoms with van der Waals surface area (Å²) in [6.45, 7) is 0.770. The van der Waals surface area contributed by atoms with Gasteiger partial charge in [-0.25, -0.2) is 17.6 Å². The topological polar surface area (TPSA) is 29.5 Å². The maximum Gasteiger partial charge on any atom is 0.422 e. The molecule has 0 amide bonds. The fourth-order valence-corrected chi connectivity index (χ4v) is 2.19. The van der Waals surface area contributed by atoms with E-state index >= 15 is 0 Å². The van der Waals surface area contributed by atoms with Crippen molar-refractivity contribution < 1.29 is 53.7 Å². The van der Waals surface area contributed by atoms with Gasteiger partial charge >= 0.3 is 12.4 Å². The number of ether oxygens (including phenoxy) is 1. The molecule has 0 radical (unpaired) electrons. The Morgan fingerprint density at radius 2 is 1.24 bits per heavy atom. The van der Waals surface area contributed by atoms with Crippen molar-refractivity contribution in [3.63, 3.8) is 0 Å². The standard InChI is InChI=1S/C13H10F10O2/c1-3(25-2)4(11(24)13(21,22)23)5-7(14)9(16)6(12(18,19)20)10(17)8(5)15/h3-4,11,24H,1-2H3. The minimum atomic E-state index is -5.85. The van der Waals surface area contributed by atoms with E-state index in [2.05, 4.69) is 4.74 Å². The fraction of sp³-hybridized carbons (Fsp3) is 0.538. The third-order valence-corrected chi connectivity index (χ3v) is 3.47. The predicted molar refractivity (Wildman–Crippen MR) is 62.5 cm³/mol. The van der Waals surface area contributed by atoms with Crippen LogP contribution in [0.2, 0.25) is 0 Å². The van der Waals surface area contributed by atoms with Crippen molar-refractivity contribution >= 4 is 0 Å². The van der Waals surface area contributed by atoms with Gasteiger partial charge in [0.05, 0.1) is 12.0 Å². The minimum absolute atomic E-state index is 0.757. The highest BCUT2D eigenvalue weighted by molar-refractivity contribution is 5.35. The van der Waals surface area contributed by atoms with Crippen molar-refractivity contribution in [3.05, 3.63) is 34.4 Å². The molecule has 0 aromatic heterocycles. The summed E-state index contributed by atoms with van der Waals surface area (Å²) in [6.07, 6.45) is -16.8. The Morgan fingerprint density at radius 1 is 0.840 bits per heavy atom. The van der Waals surface area contributed by atoms with Gasteiger partial charge in [-0.05, 0) is 6.92 Å². The molecule has 0 aliphatic rings. The van der Waals surface area contributed by atoms with Gasteiger partial charge in [-0.15, -0.1) is 0 Å². The summed E-state index contributed by atoms with van der Waals surface area (Å²) in [6, 6.07) is 0. The maximum absolute atomic E-state index is 13.9. The lowest BCUT2D eigenvalue weighted by Gasteiger charge is -2.30. The van der Waals surface area contributed by atoms with Crippen molar-refractivity contribution in [3.8, 4) is 0 Å². The molecule has 0 saturated carbocycles. The second kappa shape index (κ2) is 6.98. The highest BCUT2D eigenvalue weighted by Crippen LogP contribution is 2.42. The van der Waals surface area contributed by atoms with Crippen LogP contribution in [-0.2, 0) is 10.9 Å². The van der Waals surface area contributed by atoms with Crippen molar-refractivity contribution in [2.45, 2.75) is 37.4 Å².